The Balaban J connectivity index is -0.0000000180. The first kappa shape index (κ1) is 44.4. The van der Waals surface area contributed by atoms with Crippen LogP contribution in [0.1, 0.15) is 0 Å². The molecule has 0 atom stereocenters. The average Bonchev–Trinajstić information content (AvgIpc) is 2.23. The van der Waals surface area contributed by atoms with Crippen molar-refractivity contribution in [3.8, 4) is 0 Å². The zero-order valence-corrected chi connectivity index (χ0v) is 25.9. The van der Waals surface area contributed by atoms with Gasteiger partial charge in [-0.05, 0) is 70.8 Å². The van der Waals surface area contributed by atoms with Gasteiger partial charge in [0.25, 0.3) is 0 Å². The van der Waals surface area contributed by atoms with Crippen molar-refractivity contribution in [3.63, 3.8) is 0 Å². The molecule has 0 radical (unpaired) electrons. The van der Waals surface area contributed by atoms with Crippen LogP contribution in [0.3, 0.4) is 0 Å². The van der Waals surface area contributed by atoms with Crippen molar-refractivity contribution in [2.75, 3.05) is 0 Å². The Kier molecular flexibility index (Phi) is 207. The van der Waals surface area contributed by atoms with E-state index in [0.29, 0.717) is 39.3 Å². The minimum absolute atomic E-state index is 0. The largest absolute Gasteiger partial charge is 0.108 e. The maximum Gasteiger partial charge on any atom is 0.0397 e. The summed E-state index contributed by atoms with van der Waals surface area (Å²) in [5.41, 5.74) is 0. The molecule has 0 nitrogen and oxygen atoms in total. The summed E-state index contributed by atoms with van der Waals surface area (Å²) in [5.74, 6) is 0. The van der Waals surface area contributed by atoms with Crippen LogP contribution >= 0.6 is 113 Å². The molecule has 0 spiro atoms. The van der Waals surface area contributed by atoms with Gasteiger partial charge in [0.05, 0.1) is 0 Å². The number of hydrogen-bond donors (Lipinski definition) is 6. The van der Waals surface area contributed by atoms with Crippen molar-refractivity contribution in [1.82, 2.24) is 0 Å². The molecule has 0 aromatic heterocycles. The monoisotopic (exact) mass is 673 g/mol. The van der Waals surface area contributed by atoms with Gasteiger partial charge < -0.3 is 0 Å². The van der Waals surface area contributed by atoms with Crippen LogP contribution in [-0.4, -0.2) is 0 Å². The smallest absolute Gasteiger partial charge is 0.0397 e. The van der Waals surface area contributed by atoms with Crippen molar-refractivity contribution in [1.29, 1.82) is 0 Å². The van der Waals surface area contributed by atoms with E-state index in [-0.39, 0.29) is 21.1 Å². The summed E-state index contributed by atoms with van der Waals surface area (Å²) >= 11 is 46.8. The van der Waals surface area contributed by atoms with E-state index < -0.39 is 0 Å². The van der Waals surface area contributed by atoms with E-state index in [4.69, 9.17) is 0 Å². The van der Waals surface area contributed by atoms with Gasteiger partial charge in [0.15, 0.2) is 0 Å². The summed E-state index contributed by atoms with van der Waals surface area (Å²) in [4.78, 5) is 0. The number of hydrogen-bond acceptors (Lipinski definition) is 6. The molecule has 0 N–H and O–H groups in total. The van der Waals surface area contributed by atoms with Crippen molar-refractivity contribution in [2.45, 2.75) is 0 Å². The van der Waals surface area contributed by atoms with E-state index in [9.17, 15) is 0 Å². The predicted octanol–water partition coefficient (Wildman–Crippen LogP) is 7.43. The normalized spacial score (nSPS) is 6.63. The molecule has 0 unspecified atom stereocenters. The van der Waals surface area contributed by atoms with Gasteiger partial charge in [-0.25, -0.2) is 0 Å². The van der Waals surface area contributed by atoms with Gasteiger partial charge in [-0.15, -0.1) is 73.5 Å². The first-order valence-corrected chi connectivity index (χ1v) is 20.7. The zero-order valence-electron chi connectivity index (χ0n) is 8.22. The topological polar surface area (TPSA) is 0 Å². The quantitative estimate of drug-likeness (QED) is 0.0894. The van der Waals surface area contributed by atoms with Crippen molar-refractivity contribution in [3.05, 3.63) is 0 Å². The van der Waals surface area contributed by atoms with Crippen LogP contribution in [0.25, 0.3) is 0 Å². The van der Waals surface area contributed by atoms with Gasteiger partial charge in [-0.2, -0.15) is 0 Å². The van der Waals surface area contributed by atoms with Crippen LogP contribution < -0.4 is 0 Å². The van der Waals surface area contributed by atoms with Gasteiger partial charge in [0, 0.05) is 60.4 Å². The van der Waals surface area contributed by atoms with E-state index in [1.165, 1.54) is 0 Å². The predicted molar refractivity (Wildman–Crippen MR) is 140 cm³/mol. The maximum atomic E-state index is 4.23. The van der Waals surface area contributed by atoms with Gasteiger partial charge in [0.1, 0.15) is 0 Å². The van der Waals surface area contributed by atoms with Crippen molar-refractivity contribution < 1.29 is 21.1 Å². The minimum atomic E-state index is 0. The SMILES string of the molecule is S=PS.S=PS.S=PS.S=PS.S=PS.S=PS.[Mo]. The third kappa shape index (κ3) is 329. The fourth-order valence-electron chi connectivity index (χ4n) is 0. The van der Waals surface area contributed by atoms with E-state index in [0.717, 1.165) is 0 Å². The van der Waals surface area contributed by atoms with Crippen LogP contribution in [0.4, 0.5) is 0 Å². The molecule has 0 aliphatic rings. The van der Waals surface area contributed by atoms with Crippen LogP contribution in [0.5, 0.6) is 0 Å². The van der Waals surface area contributed by atoms with Crippen LogP contribution in [0.15, 0.2) is 0 Å². The van der Waals surface area contributed by atoms with Crippen molar-refractivity contribution in [2.24, 2.45) is 0 Å². The second-order valence-electron chi connectivity index (χ2n) is 0.490. The van der Waals surface area contributed by atoms with Crippen molar-refractivity contribution >= 4 is 184 Å². The van der Waals surface area contributed by atoms with Crippen LogP contribution in [0, 0.1) is 0 Å². The zero-order chi connectivity index (χ0) is 16.2. The molecular formula is H6MoP6S12. The standard InChI is InChI=1S/Mo.6HPS2/c;6*2-1-3/h;6*(H,2,3). The van der Waals surface area contributed by atoms with Crippen LogP contribution in [-0.2, 0) is 91.9 Å². The van der Waals surface area contributed by atoms with E-state index >= 15 is 0 Å². The maximum absolute atomic E-state index is 4.23. The third-order valence-corrected chi connectivity index (χ3v) is 0. The van der Waals surface area contributed by atoms with E-state index in [2.05, 4.69) is 144 Å². The van der Waals surface area contributed by atoms with Gasteiger partial charge >= 0.3 is 0 Å². The summed E-state index contributed by atoms with van der Waals surface area (Å²) in [5, 5.41) is 0. The second-order valence-corrected chi connectivity index (χ2v) is 13.2. The molecule has 0 aliphatic carbocycles. The first-order valence-electron chi connectivity index (χ1n) is 2.30. The molecular weight excluding hydrogens is 667 g/mol. The third-order valence-electron chi connectivity index (χ3n) is 0. The molecule has 0 amide bonds. The molecule has 19 heavy (non-hydrogen) atoms. The van der Waals surface area contributed by atoms with E-state index in [1.54, 1.807) is 0 Å². The molecule has 0 rings (SSSR count). The van der Waals surface area contributed by atoms with Gasteiger partial charge in [-0.1, -0.05) is 0 Å². The summed E-state index contributed by atoms with van der Waals surface area (Å²) in [6.07, 6.45) is 0. The average molecular weight is 673 g/mol. The molecule has 0 saturated heterocycles. The van der Waals surface area contributed by atoms with E-state index in [1.807, 2.05) is 0 Å². The summed E-state index contributed by atoms with van der Waals surface area (Å²) in [6.45, 7) is 4.17. The Morgan fingerprint density at radius 1 is 0.368 bits per heavy atom. The summed E-state index contributed by atoms with van der Waals surface area (Å²) < 4.78 is 0. The first-order chi connectivity index (χ1) is 8.49. The Labute approximate surface area is 201 Å². The number of thiol groups is 6. The molecule has 0 fully saturated rings. The Morgan fingerprint density at radius 3 is 0.368 bits per heavy atom. The second kappa shape index (κ2) is 88.5. The molecule has 0 aromatic rings. The Hall–Kier alpha value is 5.91. The molecule has 0 heterocycles. The van der Waals surface area contributed by atoms with Gasteiger partial charge in [0.2, 0.25) is 0 Å². The molecule has 19 heteroatoms. The Morgan fingerprint density at radius 2 is 0.368 bits per heavy atom. The fraction of sp³-hybridized carbons (Fsp3) is 0. The summed E-state index contributed by atoms with van der Waals surface area (Å²) in [7, 11) is 0. The number of rotatable bonds is 0. The Bertz CT molecular complexity index is 114. The fourth-order valence-corrected chi connectivity index (χ4v) is 0. The molecule has 0 aromatic carbocycles. The minimum Gasteiger partial charge on any atom is -0.108 e. The molecule has 114 valence electrons. The molecule has 0 saturated carbocycles. The molecule has 0 bridgehead atoms. The van der Waals surface area contributed by atoms with Gasteiger partial charge in [-0.3, -0.25) is 0 Å². The van der Waals surface area contributed by atoms with Crippen LogP contribution in [0.2, 0.25) is 0 Å². The molecule has 0 aliphatic heterocycles. The summed E-state index contributed by atoms with van der Waals surface area (Å²) in [6, 6.07) is 0.